The molecule has 0 bridgehead atoms. The minimum Gasteiger partial charge on any atom is -0.453 e. The summed E-state index contributed by atoms with van der Waals surface area (Å²) in [5.74, 6) is 1.58. The van der Waals surface area contributed by atoms with E-state index >= 15 is 0 Å². The van der Waals surface area contributed by atoms with E-state index < -0.39 is 0 Å². The highest BCUT2D eigenvalue weighted by Gasteiger charge is 2.24. The highest BCUT2D eigenvalue weighted by molar-refractivity contribution is 7.99. The number of carbonyl (C=O) groups is 1. The smallest absolute Gasteiger partial charge is 0.407 e. The average molecular weight is 338 g/mol. The monoisotopic (exact) mass is 337 g/mol. The van der Waals surface area contributed by atoms with Crippen LogP contribution in [0.4, 0.5) is 4.79 Å². The molecule has 1 rings (SSSR count). The van der Waals surface area contributed by atoms with Gasteiger partial charge in [0.25, 0.3) is 0 Å². The lowest BCUT2D eigenvalue weighted by Gasteiger charge is -2.28. The maximum Gasteiger partial charge on any atom is 0.407 e. The molecule has 0 saturated heterocycles. The topological polar surface area (TPSA) is 38.3 Å². The van der Waals surface area contributed by atoms with Crippen LogP contribution in [-0.2, 0) is 10.5 Å². The normalized spacial score (nSPS) is 13.6. The van der Waals surface area contributed by atoms with Gasteiger partial charge in [0.15, 0.2) is 0 Å². The third kappa shape index (κ3) is 8.31. The number of rotatable bonds is 10. The molecule has 0 saturated carbocycles. The minimum atomic E-state index is -0.319. The van der Waals surface area contributed by atoms with Crippen LogP contribution in [0.25, 0.3) is 0 Å². The molecular weight excluding hydrogens is 306 g/mol. The fourth-order valence-electron chi connectivity index (χ4n) is 2.58. The first kappa shape index (κ1) is 19.9. The van der Waals surface area contributed by atoms with Crippen molar-refractivity contribution in [2.24, 2.45) is 5.92 Å². The van der Waals surface area contributed by atoms with Crippen LogP contribution >= 0.6 is 11.8 Å². The molecule has 1 aromatic carbocycles. The van der Waals surface area contributed by atoms with Crippen LogP contribution in [0.5, 0.6) is 0 Å². The van der Waals surface area contributed by atoms with E-state index in [1.165, 1.54) is 12.7 Å². The standard InChI is InChI=1S/C19H31NO2S/c1-5-6-12-17(20-19(21)22-4)18(13-15(2)3)23-14-16-10-8-7-9-11-16/h7-11,15,17-18H,5-6,12-14H2,1-4H3,(H,20,21)/t17-,18+/m1/s1. The third-order valence-corrected chi connectivity index (χ3v) is 5.27. The van der Waals surface area contributed by atoms with Gasteiger partial charge in [-0.15, -0.1) is 0 Å². The van der Waals surface area contributed by atoms with Crippen molar-refractivity contribution in [3.8, 4) is 0 Å². The van der Waals surface area contributed by atoms with Crippen molar-refractivity contribution < 1.29 is 9.53 Å². The van der Waals surface area contributed by atoms with E-state index in [9.17, 15) is 4.79 Å². The van der Waals surface area contributed by atoms with Crippen molar-refractivity contribution in [2.75, 3.05) is 7.11 Å². The van der Waals surface area contributed by atoms with Gasteiger partial charge in [-0.2, -0.15) is 11.8 Å². The second-order valence-corrected chi connectivity index (χ2v) is 7.58. The van der Waals surface area contributed by atoms with E-state index in [0.717, 1.165) is 31.4 Å². The van der Waals surface area contributed by atoms with Gasteiger partial charge in [-0.25, -0.2) is 4.79 Å². The zero-order chi connectivity index (χ0) is 17.1. The minimum absolute atomic E-state index is 0.165. The first-order valence-electron chi connectivity index (χ1n) is 8.56. The number of carbonyl (C=O) groups excluding carboxylic acids is 1. The summed E-state index contributed by atoms with van der Waals surface area (Å²) in [6.45, 7) is 6.67. The largest absolute Gasteiger partial charge is 0.453 e. The Labute approximate surface area is 145 Å². The molecule has 0 aromatic heterocycles. The van der Waals surface area contributed by atoms with Crippen LogP contribution in [0, 0.1) is 5.92 Å². The Hall–Kier alpha value is -1.16. The molecule has 4 heteroatoms. The van der Waals surface area contributed by atoms with Crippen LogP contribution in [-0.4, -0.2) is 24.5 Å². The summed E-state index contributed by atoms with van der Waals surface area (Å²) in [7, 11) is 1.43. The third-order valence-electron chi connectivity index (χ3n) is 3.82. The summed E-state index contributed by atoms with van der Waals surface area (Å²) in [4.78, 5) is 11.7. The molecule has 0 aliphatic heterocycles. The van der Waals surface area contributed by atoms with Gasteiger partial charge >= 0.3 is 6.09 Å². The Morgan fingerprint density at radius 3 is 2.52 bits per heavy atom. The number of hydrogen-bond acceptors (Lipinski definition) is 3. The van der Waals surface area contributed by atoms with Crippen LogP contribution in [0.2, 0.25) is 0 Å². The number of alkyl carbamates (subject to hydrolysis) is 1. The lowest BCUT2D eigenvalue weighted by molar-refractivity contribution is 0.165. The maximum absolute atomic E-state index is 11.7. The van der Waals surface area contributed by atoms with Gasteiger partial charge in [0.2, 0.25) is 0 Å². The number of unbranched alkanes of at least 4 members (excludes halogenated alkanes) is 1. The van der Waals surface area contributed by atoms with Gasteiger partial charge in [-0.05, 0) is 24.3 Å². The van der Waals surface area contributed by atoms with Gasteiger partial charge in [0.1, 0.15) is 0 Å². The summed E-state index contributed by atoms with van der Waals surface area (Å²) in [6.07, 6.45) is 4.03. The summed E-state index contributed by atoms with van der Waals surface area (Å²) in [5, 5.41) is 3.46. The predicted molar refractivity (Wildman–Crippen MR) is 99.8 cm³/mol. The Balaban J connectivity index is 2.74. The number of thioether (sulfide) groups is 1. The second-order valence-electron chi connectivity index (χ2n) is 6.35. The molecule has 0 aliphatic rings. The molecule has 1 aromatic rings. The molecular formula is C19H31NO2S. The van der Waals surface area contributed by atoms with E-state index in [0.29, 0.717) is 11.2 Å². The van der Waals surface area contributed by atoms with E-state index in [4.69, 9.17) is 4.74 Å². The van der Waals surface area contributed by atoms with Crippen molar-refractivity contribution in [1.82, 2.24) is 5.32 Å². The number of methoxy groups -OCH3 is 1. The summed E-state index contributed by atoms with van der Waals surface area (Å²) < 4.78 is 4.82. The number of amides is 1. The summed E-state index contributed by atoms with van der Waals surface area (Å²) >= 11 is 1.94. The first-order chi connectivity index (χ1) is 11.1. The molecule has 0 spiro atoms. The van der Waals surface area contributed by atoms with E-state index in [1.807, 2.05) is 17.8 Å². The predicted octanol–water partition coefficient (Wildman–Crippen LogP) is 5.25. The van der Waals surface area contributed by atoms with Crippen LogP contribution in [0.15, 0.2) is 30.3 Å². The highest BCUT2D eigenvalue weighted by atomic mass is 32.2. The molecule has 23 heavy (non-hydrogen) atoms. The molecule has 1 N–H and O–H groups in total. The van der Waals surface area contributed by atoms with Crippen LogP contribution in [0.1, 0.15) is 52.0 Å². The van der Waals surface area contributed by atoms with Gasteiger partial charge in [-0.3, -0.25) is 0 Å². The average Bonchev–Trinajstić information content (AvgIpc) is 2.55. The lowest BCUT2D eigenvalue weighted by atomic mass is 9.99. The first-order valence-corrected chi connectivity index (χ1v) is 9.61. The van der Waals surface area contributed by atoms with Gasteiger partial charge in [0.05, 0.1) is 7.11 Å². The van der Waals surface area contributed by atoms with Gasteiger partial charge in [-0.1, -0.05) is 63.9 Å². The van der Waals surface area contributed by atoms with E-state index in [2.05, 4.69) is 50.4 Å². The van der Waals surface area contributed by atoms with Crippen LogP contribution < -0.4 is 5.32 Å². The SMILES string of the molecule is CCCC[C@@H](NC(=O)OC)[C@H](CC(C)C)SCc1ccccc1. The molecule has 2 atom stereocenters. The number of benzene rings is 1. The molecule has 130 valence electrons. The number of hydrogen-bond donors (Lipinski definition) is 1. The van der Waals surface area contributed by atoms with Crippen molar-refractivity contribution in [3.63, 3.8) is 0 Å². The van der Waals surface area contributed by atoms with E-state index in [-0.39, 0.29) is 12.1 Å². The fourth-order valence-corrected chi connectivity index (χ4v) is 4.13. The zero-order valence-corrected chi connectivity index (χ0v) is 15.7. The summed E-state index contributed by atoms with van der Waals surface area (Å²) in [6, 6.07) is 10.7. The molecule has 0 unspecified atom stereocenters. The number of nitrogens with one attached hydrogen (secondary N) is 1. The molecule has 0 radical (unpaired) electrons. The van der Waals surface area contributed by atoms with Crippen LogP contribution in [0.3, 0.4) is 0 Å². The quantitative estimate of drug-likeness (QED) is 0.634. The Morgan fingerprint density at radius 1 is 1.26 bits per heavy atom. The Bertz CT molecular complexity index is 436. The van der Waals surface area contributed by atoms with Crippen molar-refractivity contribution in [2.45, 2.75) is 63.5 Å². The van der Waals surface area contributed by atoms with Crippen molar-refractivity contribution in [1.29, 1.82) is 0 Å². The second kappa shape index (κ2) is 11.4. The van der Waals surface area contributed by atoms with Gasteiger partial charge < -0.3 is 10.1 Å². The fraction of sp³-hybridized carbons (Fsp3) is 0.632. The lowest BCUT2D eigenvalue weighted by Crippen LogP contribution is -2.42. The molecule has 3 nitrogen and oxygen atoms in total. The molecule has 1 amide bonds. The Morgan fingerprint density at radius 2 is 1.96 bits per heavy atom. The molecule has 0 fully saturated rings. The molecule has 0 heterocycles. The van der Waals surface area contributed by atoms with Gasteiger partial charge in [0, 0.05) is 17.0 Å². The number of ether oxygens (including phenoxy) is 1. The highest BCUT2D eigenvalue weighted by Crippen LogP contribution is 2.28. The zero-order valence-electron chi connectivity index (χ0n) is 14.9. The molecule has 0 aliphatic carbocycles. The summed E-state index contributed by atoms with van der Waals surface area (Å²) in [5.41, 5.74) is 1.33. The Kier molecular flexibility index (Phi) is 9.85. The van der Waals surface area contributed by atoms with E-state index in [1.54, 1.807) is 0 Å². The maximum atomic E-state index is 11.7. The van der Waals surface area contributed by atoms with Crippen molar-refractivity contribution in [3.05, 3.63) is 35.9 Å². The van der Waals surface area contributed by atoms with Crippen molar-refractivity contribution >= 4 is 17.9 Å².